The molecular weight excluding hydrogens is 226 g/mol. The summed E-state index contributed by atoms with van der Waals surface area (Å²) in [6.07, 6.45) is 2.84. The van der Waals surface area contributed by atoms with Gasteiger partial charge in [0.2, 0.25) is 0 Å². The summed E-state index contributed by atoms with van der Waals surface area (Å²) in [5.74, 6) is 0. The lowest BCUT2D eigenvalue weighted by Crippen LogP contribution is -2.35. The van der Waals surface area contributed by atoms with Crippen LogP contribution in [0.5, 0.6) is 0 Å². The van der Waals surface area contributed by atoms with Crippen LogP contribution in [0.2, 0.25) is 0 Å². The van der Waals surface area contributed by atoms with Crippen LogP contribution in [0.4, 0.5) is 6.01 Å². The lowest BCUT2D eigenvalue weighted by atomic mass is 10.1. The monoisotopic (exact) mass is 253 g/mol. The first-order chi connectivity index (χ1) is 8.37. The molecule has 0 saturated carbocycles. The first kappa shape index (κ1) is 15.0. The van der Waals surface area contributed by atoms with Crippen molar-refractivity contribution in [3.05, 3.63) is 12.0 Å². The molecule has 1 unspecified atom stereocenters. The number of hydrogen-bond donors (Lipinski definition) is 1. The molecule has 0 aliphatic heterocycles. The maximum absolute atomic E-state index is 5.58. The molecule has 0 saturated heterocycles. The molecule has 1 aromatic heterocycles. The number of nitrogens with zero attached hydrogens (tertiary/aromatic N) is 2. The van der Waals surface area contributed by atoms with Gasteiger partial charge in [0, 0.05) is 24.7 Å². The van der Waals surface area contributed by atoms with Gasteiger partial charge in [-0.15, -0.1) is 0 Å². The third-order valence-electron chi connectivity index (χ3n) is 3.05. The fraction of sp³-hybridized carbons (Fsp3) is 0.786. The van der Waals surface area contributed by atoms with Gasteiger partial charge in [-0.25, -0.2) is 0 Å². The van der Waals surface area contributed by atoms with Gasteiger partial charge < -0.3 is 14.6 Å². The molecule has 104 valence electrons. The largest absolute Gasteiger partial charge is 0.432 e. The zero-order chi connectivity index (χ0) is 13.8. The Morgan fingerprint density at radius 1 is 1.39 bits per heavy atom. The Hall–Kier alpha value is -1.03. The molecule has 0 amide bonds. The van der Waals surface area contributed by atoms with Crippen molar-refractivity contribution in [2.45, 2.75) is 66.1 Å². The molecule has 0 aliphatic carbocycles. The molecule has 4 heteroatoms. The first-order valence-corrected chi connectivity index (χ1v) is 6.83. The minimum absolute atomic E-state index is 0.0975. The van der Waals surface area contributed by atoms with Crippen molar-refractivity contribution in [2.24, 2.45) is 0 Å². The highest BCUT2D eigenvalue weighted by Gasteiger charge is 2.17. The van der Waals surface area contributed by atoms with Gasteiger partial charge in [0.15, 0.2) is 0 Å². The molecule has 1 heterocycles. The van der Waals surface area contributed by atoms with Crippen molar-refractivity contribution >= 4 is 6.01 Å². The first-order valence-electron chi connectivity index (χ1n) is 6.83. The molecule has 0 spiro atoms. The van der Waals surface area contributed by atoms with Crippen LogP contribution >= 0.6 is 0 Å². The third-order valence-corrected chi connectivity index (χ3v) is 3.05. The summed E-state index contributed by atoms with van der Waals surface area (Å²) in [6.45, 7) is 14.6. The summed E-state index contributed by atoms with van der Waals surface area (Å²) in [7, 11) is 0. The van der Waals surface area contributed by atoms with Gasteiger partial charge in [-0.1, -0.05) is 6.92 Å². The average Bonchev–Trinajstić information content (AvgIpc) is 2.75. The smallest absolute Gasteiger partial charge is 0.297 e. The second kappa shape index (κ2) is 6.23. The van der Waals surface area contributed by atoms with Crippen molar-refractivity contribution < 1.29 is 4.42 Å². The van der Waals surface area contributed by atoms with Crippen LogP contribution in [-0.4, -0.2) is 23.1 Å². The van der Waals surface area contributed by atoms with E-state index in [0.29, 0.717) is 6.04 Å². The predicted molar refractivity (Wildman–Crippen MR) is 75.9 cm³/mol. The maximum atomic E-state index is 5.58. The Morgan fingerprint density at radius 3 is 2.56 bits per heavy atom. The standard InChI is InChI=1S/C14H27N3O/c1-7-11(3)17(8-2)13-16-12(10-18-13)9-15-14(4,5)6/h10-11,15H,7-9H2,1-6H3. The van der Waals surface area contributed by atoms with E-state index in [1.54, 1.807) is 6.26 Å². The number of oxazole rings is 1. The van der Waals surface area contributed by atoms with E-state index in [4.69, 9.17) is 4.42 Å². The van der Waals surface area contributed by atoms with E-state index < -0.39 is 0 Å². The Kier molecular flexibility index (Phi) is 5.20. The summed E-state index contributed by atoms with van der Waals surface area (Å²) < 4.78 is 5.58. The van der Waals surface area contributed by atoms with Crippen LogP contribution in [0, 0.1) is 0 Å². The fourth-order valence-electron chi connectivity index (χ4n) is 1.72. The summed E-state index contributed by atoms with van der Waals surface area (Å²) in [6, 6.07) is 1.19. The summed E-state index contributed by atoms with van der Waals surface area (Å²) >= 11 is 0. The fourth-order valence-corrected chi connectivity index (χ4v) is 1.72. The molecule has 0 aliphatic rings. The predicted octanol–water partition coefficient (Wildman–Crippen LogP) is 3.19. The summed E-state index contributed by atoms with van der Waals surface area (Å²) in [5, 5.41) is 3.41. The highest BCUT2D eigenvalue weighted by Crippen LogP contribution is 2.18. The second-order valence-corrected chi connectivity index (χ2v) is 5.77. The molecule has 1 atom stereocenters. The van der Waals surface area contributed by atoms with E-state index in [2.05, 4.69) is 56.7 Å². The van der Waals surface area contributed by atoms with E-state index in [0.717, 1.165) is 31.2 Å². The van der Waals surface area contributed by atoms with Crippen molar-refractivity contribution in [1.29, 1.82) is 0 Å². The minimum Gasteiger partial charge on any atom is -0.432 e. The average molecular weight is 253 g/mol. The van der Waals surface area contributed by atoms with Crippen LogP contribution in [0.25, 0.3) is 0 Å². The molecule has 1 aromatic rings. The van der Waals surface area contributed by atoms with Crippen molar-refractivity contribution in [2.75, 3.05) is 11.4 Å². The summed E-state index contributed by atoms with van der Waals surface area (Å²) in [5.41, 5.74) is 1.06. The lowest BCUT2D eigenvalue weighted by Gasteiger charge is -2.25. The van der Waals surface area contributed by atoms with Crippen molar-refractivity contribution in [1.82, 2.24) is 10.3 Å². The Morgan fingerprint density at radius 2 is 2.06 bits per heavy atom. The Balaban J connectivity index is 2.67. The Bertz CT molecular complexity index is 354. The summed E-state index contributed by atoms with van der Waals surface area (Å²) in [4.78, 5) is 6.75. The number of rotatable bonds is 6. The highest BCUT2D eigenvalue weighted by atomic mass is 16.4. The number of anilines is 1. The minimum atomic E-state index is 0.0975. The van der Waals surface area contributed by atoms with Gasteiger partial charge in [0.25, 0.3) is 6.01 Å². The van der Waals surface area contributed by atoms with Gasteiger partial charge >= 0.3 is 0 Å². The molecule has 0 fully saturated rings. The molecule has 0 aromatic carbocycles. The van der Waals surface area contributed by atoms with Gasteiger partial charge in [0.05, 0.1) is 5.69 Å². The van der Waals surface area contributed by atoms with E-state index in [1.807, 2.05) is 0 Å². The second-order valence-electron chi connectivity index (χ2n) is 5.77. The van der Waals surface area contributed by atoms with Crippen LogP contribution in [0.15, 0.2) is 10.7 Å². The van der Waals surface area contributed by atoms with Crippen molar-refractivity contribution in [3.8, 4) is 0 Å². The molecule has 1 rings (SSSR count). The van der Waals surface area contributed by atoms with E-state index in [1.165, 1.54) is 0 Å². The van der Waals surface area contributed by atoms with Crippen LogP contribution in [-0.2, 0) is 6.54 Å². The maximum Gasteiger partial charge on any atom is 0.297 e. The van der Waals surface area contributed by atoms with Gasteiger partial charge in [0.1, 0.15) is 6.26 Å². The molecule has 18 heavy (non-hydrogen) atoms. The van der Waals surface area contributed by atoms with Gasteiger partial charge in [-0.2, -0.15) is 4.98 Å². The molecular formula is C14H27N3O. The van der Waals surface area contributed by atoms with Gasteiger partial charge in [-0.3, -0.25) is 0 Å². The molecule has 0 bridgehead atoms. The SMILES string of the molecule is CCC(C)N(CC)c1nc(CNC(C)(C)C)co1. The van der Waals surface area contributed by atoms with Gasteiger partial charge in [-0.05, 0) is 41.0 Å². The van der Waals surface area contributed by atoms with Crippen LogP contribution < -0.4 is 10.2 Å². The number of nitrogens with one attached hydrogen (secondary N) is 1. The van der Waals surface area contributed by atoms with Crippen molar-refractivity contribution in [3.63, 3.8) is 0 Å². The molecule has 4 nitrogen and oxygen atoms in total. The quantitative estimate of drug-likeness (QED) is 0.845. The topological polar surface area (TPSA) is 41.3 Å². The lowest BCUT2D eigenvalue weighted by molar-refractivity contribution is 0.421. The Labute approximate surface area is 111 Å². The third kappa shape index (κ3) is 4.33. The molecule has 0 radical (unpaired) electrons. The number of hydrogen-bond acceptors (Lipinski definition) is 4. The van der Waals surface area contributed by atoms with E-state index >= 15 is 0 Å². The van der Waals surface area contributed by atoms with Crippen LogP contribution in [0.3, 0.4) is 0 Å². The number of aromatic nitrogens is 1. The zero-order valence-electron chi connectivity index (χ0n) is 12.6. The van der Waals surface area contributed by atoms with E-state index in [-0.39, 0.29) is 5.54 Å². The van der Waals surface area contributed by atoms with E-state index in [9.17, 15) is 0 Å². The molecule has 1 N–H and O–H groups in total. The zero-order valence-corrected chi connectivity index (χ0v) is 12.6. The van der Waals surface area contributed by atoms with Crippen LogP contribution in [0.1, 0.15) is 53.7 Å². The highest BCUT2D eigenvalue weighted by molar-refractivity contribution is 5.28. The normalized spacial score (nSPS) is 13.7.